The first kappa shape index (κ1) is 42.9. The summed E-state index contributed by atoms with van der Waals surface area (Å²) in [6.45, 7) is 19.1. The molecule has 0 bridgehead atoms. The van der Waals surface area contributed by atoms with Crippen LogP contribution in [-0.2, 0) is 0 Å². The molecule has 3 unspecified atom stereocenters. The van der Waals surface area contributed by atoms with Crippen LogP contribution in [0.25, 0.3) is 0 Å². The zero-order chi connectivity index (χ0) is 32.8. The predicted octanol–water partition coefficient (Wildman–Crippen LogP) is 13.7. The fourth-order valence-corrected chi connectivity index (χ4v) is 17.2. The Labute approximate surface area is 269 Å². The molecule has 0 aliphatic rings. The molecule has 0 aliphatic heterocycles. The Balaban J connectivity index is 0.000000901. The van der Waals surface area contributed by atoms with E-state index in [9.17, 15) is 17.6 Å². The first-order valence-electron chi connectivity index (χ1n) is 18.4. The topological polar surface area (TPSA) is 0 Å². The second-order valence-corrected chi connectivity index (χ2v) is 22.2. The summed E-state index contributed by atoms with van der Waals surface area (Å²) in [5.41, 5.74) is -0.404. The van der Waals surface area contributed by atoms with E-state index in [0.29, 0.717) is 24.2 Å². The van der Waals surface area contributed by atoms with Crippen LogP contribution < -0.4 is 5.30 Å². The molecule has 0 heterocycles. The normalized spacial score (nSPS) is 13.9. The van der Waals surface area contributed by atoms with Crippen molar-refractivity contribution in [2.45, 2.75) is 173 Å². The summed E-state index contributed by atoms with van der Waals surface area (Å²) >= 11 is -1.20. The van der Waals surface area contributed by atoms with E-state index in [1.54, 1.807) is 21.1 Å². The zero-order valence-electron chi connectivity index (χ0n) is 29.9. The van der Waals surface area contributed by atoms with Gasteiger partial charge in [-0.15, -0.1) is 0 Å². The quantitative estimate of drug-likeness (QED) is 0.0364. The van der Waals surface area contributed by atoms with Gasteiger partial charge in [0.05, 0.1) is 12.3 Å². The summed E-state index contributed by atoms with van der Waals surface area (Å²) in [6, 6.07) is 0. The van der Waals surface area contributed by atoms with Gasteiger partial charge >= 0.3 is 0 Å². The van der Waals surface area contributed by atoms with Crippen LogP contribution in [0.5, 0.6) is 0 Å². The summed E-state index contributed by atoms with van der Waals surface area (Å²) < 4.78 is 56.4. The van der Waals surface area contributed by atoms with E-state index >= 15 is 0 Å². The molecular formula is C37H70AlF4P. The summed E-state index contributed by atoms with van der Waals surface area (Å²) in [5.74, 6) is -4.10. The zero-order valence-corrected chi connectivity index (χ0v) is 32.0. The van der Waals surface area contributed by atoms with Crippen molar-refractivity contribution in [1.82, 2.24) is 0 Å². The van der Waals surface area contributed by atoms with Crippen molar-refractivity contribution in [3.05, 3.63) is 28.8 Å². The van der Waals surface area contributed by atoms with Crippen molar-refractivity contribution in [3.8, 4) is 0 Å². The van der Waals surface area contributed by atoms with Gasteiger partial charge in [0.25, 0.3) is 0 Å². The lowest BCUT2D eigenvalue weighted by Crippen LogP contribution is -2.33. The van der Waals surface area contributed by atoms with Crippen molar-refractivity contribution in [1.29, 1.82) is 0 Å². The van der Waals surface area contributed by atoms with Gasteiger partial charge in [0, 0.05) is 13.5 Å². The molecule has 0 radical (unpaired) electrons. The average Bonchev–Trinajstić information content (AvgIpc) is 3.00. The van der Waals surface area contributed by atoms with Crippen LogP contribution in [-0.4, -0.2) is 25.4 Å². The Kier molecular flexibility index (Phi) is 25.0. The minimum absolute atomic E-state index is 0.166. The average molecular weight is 649 g/mol. The molecule has 1 aromatic carbocycles. The molecule has 0 saturated heterocycles. The number of hydrogen-bond donors (Lipinski definition) is 0. The standard InChI is InChI=1S/C21H33F4P.4C4H9.Al/c1-6-9-16(8-3)11-10-14(4)13-26(12-7-2)21-18(23)15(5)17(22)19(24)20(21)25;4*1-3-4-2;/h14,16H,6-13H2,1-5H3;4*1,3-4H2,2H3;/q;;;;;-1/p+1. The van der Waals surface area contributed by atoms with E-state index in [4.69, 9.17) is 0 Å². The Bertz CT molecular complexity index is 780. The van der Waals surface area contributed by atoms with E-state index in [0.717, 1.165) is 25.7 Å². The van der Waals surface area contributed by atoms with Crippen LogP contribution >= 0.6 is 7.92 Å². The van der Waals surface area contributed by atoms with E-state index < -0.39 is 49.8 Å². The third-order valence-electron chi connectivity index (χ3n) is 10.0. The lowest BCUT2D eigenvalue weighted by Gasteiger charge is -2.36. The molecule has 0 fully saturated rings. The second kappa shape index (κ2) is 25.0. The molecule has 0 spiro atoms. The minimum atomic E-state index is -1.62. The van der Waals surface area contributed by atoms with Crippen LogP contribution in [0.3, 0.4) is 0 Å². The first-order valence-corrected chi connectivity index (χ1v) is 23.6. The van der Waals surface area contributed by atoms with E-state index in [1.165, 1.54) is 71.1 Å². The summed E-state index contributed by atoms with van der Waals surface area (Å²) in [5, 5.41) is 6.46. The summed E-state index contributed by atoms with van der Waals surface area (Å²) in [7, 11) is -1.62. The fraction of sp³-hybridized carbons (Fsp3) is 0.838. The number of benzene rings is 1. The van der Waals surface area contributed by atoms with Gasteiger partial charge in [0.2, 0.25) is 5.82 Å². The molecular weight excluding hydrogens is 578 g/mol. The van der Waals surface area contributed by atoms with Gasteiger partial charge in [-0.1, -0.05) is 132 Å². The van der Waals surface area contributed by atoms with Crippen molar-refractivity contribution >= 4 is 26.3 Å². The molecule has 1 aromatic rings. The van der Waals surface area contributed by atoms with Crippen LogP contribution in [0, 0.1) is 42.0 Å². The molecule has 0 saturated carbocycles. The van der Waals surface area contributed by atoms with E-state index in [2.05, 4.69) is 48.5 Å². The largest absolute Gasteiger partial charge is 0.206 e. The lowest BCUT2D eigenvalue weighted by molar-refractivity contribution is 0.389. The lowest BCUT2D eigenvalue weighted by atomic mass is 9.92. The van der Waals surface area contributed by atoms with Gasteiger partial charge in [0.15, 0.2) is 22.8 Å². The van der Waals surface area contributed by atoms with Gasteiger partial charge < -0.3 is 0 Å². The first-order chi connectivity index (χ1) is 20.5. The Morgan fingerprint density at radius 3 is 1.47 bits per heavy atom. The van der Waals surface area contributed by atoms with E-state index in [-0.39, 0.29) is 5.30 Å². The third kappa shape index (κ3) is 15.8. The molecule has 0 N–H and O–H groups in total. The number of rotatable bonds is 23. The van der Waals surface area contributed by atoms with Gasteiger partial charge in [-0.25, -0.2) is 13.2 Å². The highest BCUT2D eigenvalue weighted by molar-refractivity contribution is 7.65. The number of halogens is 4. The summed E-state index contributed by atoms with van der Waals surface area (Å²) in [6.07, 6.45) is 19.5. The fourth-order valence-electron chi connectivity index (χ4n) is 7.11. The highest BCUT2D eigenvalue weighted by Gasteiger charge is 2.34. The molecule has 0 aliphatic carbocycles. The molecule has 6 heteroatoms. The van der Waals surface area contributed by atoms with Gasteiger partial charge in [-0.2, -0.15) is 25.5 Å². The smallest absolute Gasteiger partial charge is 0.203 e. The minimum Gasteiger partial charge on any atom is -0.203 e. The van der Waals surface area contributed by atoms with Crippen LogP contribution in [0.2, 0.25) is 21.1 Å². The second-order valence-electron chi connectivity index (χ2n) is 13.9. The molecule has 0 amide bonds. The Morgan fingerprint density at radius 1 is 0.581 bits per heavy atom. The molecule has 43 heavy (non-hydrogen) atoms. The van der Waals surface area contributed by atoms with Crippen molar-refractivity contribution in [2.75, 3.05) is 12.3 Å². The number of hydrogen-bond acceptors (Lipinski definition) is 0. The van der Waals surface area contributed by atoms with Crippen molar-refractivity contribution in [3.63, 3.8) is 0 Å². The predicted molar refractivity (Wildman–Crippen MR) is 191 cm³/mol. The van der Waals surface area contributed by atoms with Crippen LogP contribution in [0.15, 0.2) is 0 Å². The molecule has 1 rings (SSSR count). The SMILES string of the molecule is CCCC(CC)CCC(C)C[PH+](CCC)c1c(F)c(C)c(F)c(F)c1F.CCC[CH2][Al-]([CH2]CCC)([CH2]CCC)[CH2]CCC. The Morgan fingerprint density at radius 2 is 1.07 bits per heavy atom. The third-order valence-corrected chi connectivity index (χ3v) is 20.0. The maximum absolute atomic E-state index is 14.6. The van der Waals surface area contributed by atoms with Gasteiger partial charge in [0.1, 0.15) is 13.1 Å². The van der Waals surface area contributed by atoms with Crippen LogP contribution in [0.4, 0.5) is 17.6 Å². The van der Waals surface area contributed by atoms with Crippen molar-refractivity contribution in [2.24, 2.45) is 11.8 Å². The van der Waals surface area contributed by atoms with E-state index in [1.807, 2.05) is 6.92 Å². The monoisotopic (exact) mass is 648 g/mol. The van der Waals surface area contributed by atoms with Crippen molar-refractivity contribution < 1.29 is 17.6 Å². The highest BCUT2D eigenvalue weighted by Crippen LogP contribution is 2.42. The number of unbranched alkanes of at least 4 members (excludes halogenated alkanes) is 4. The molecule has 0 nitrogen and oxygen atoms in total. The molecule has 254 valence electrons. The summed E-state index contributed by atoms with van der Waals surface area (Å²) in [4.78, 5) is 0. The van der Waals surface area contributed by atoms with Crippen LogP contribution in [0.1, 0.15) is 151 Å². The maximum Gasteiger partial charge on any atom is 0.206 e. The Hall–Kier alpha value is -0.0975. The van der Waals surface area contributed by atoms with Gasteiger partial charge in [-0.3, -0.25) is 0 Å². The highest BCUT2D eigenvalue weighted by atomic mass is 31.1. The maximum atomic E-state index is 14.6. The molecule has 0 aromatic heterocycles. The molecule has 3 atom stereocenters. The van der Waals surface area contributed by atoms with Gasteiger partial charge in [-0.05, 0) is 31.6 Å².